The number of carboxylic acid groups (broad SMARTS) is 1. The summed E-state index contributed by atoms with van der Waals surface area (Å²) in [5.41, 5.74) is 2.12. The zero-order valence-corrected chi connectivity index (χ0v) is 9.28. The van der Waals surface area contributed by atoms with Crippen molar-refractivity contribution < 1.29 is 9.90 Å². The summed E-state index contributed by atoms with van der Waals surface area (Å²) in [7, 11) is 0. The van der Waals surface area contributed by atoms with Gasteiger partial charge < -0.3 is 5.11 Å². The molecular weight excluding hydrogens is 279 g/mol. The van der Waals surface area contributed by atoms with Crippen molar-refractivity contribution in [2.45, 2.75) is 6.92 Å². The molecule has 0 aliphatic rings. The summed E-state index contributed by atoms with van der Waals surface area (Å²) in [5, 5.41) is 8.43. The van der Waals surface area contributed by atoms with Crippen LogP contribution in [0, 0.1) is 10.5 Å². The van der Waals surface area contributed by atoms with Crippen LogP contribution in [0.25, 0.3) is 6.08 Å². The van der Waals surface area contributed by atoms with Gasteiger partial charge in [0.05, 0.1) is 0 Å². The quantitative estimate of drug-likeness (QED) is 0.671. The molecule has 0 saturated heterocycles. The number of benzene rings is 1. The van der Waals surface area contributed by atoms with Crippen LogP contribution in [0.3, 0.4) is 0 Å². The Labute approximate surface area is 90.4 Å². The van der Waals surface area contributed by atoms with Gasteiger partial charge in [0.2, 0.25) is 0 Å². The molecule has 13 heavy (non-hydrogen) atoms. The summed E-state index contributed by atoms with van der Waals surface area (Å²) in [6, 6.07) is 5.89. The summed E-state index contributed by atoms with van der Waals surface area (Å²) >= 11 is 2.19. The third-order valence-electron chi connectivity index (χ3n) is 1.56. The van der Waals surface area contributed by atoms with E-state index in [0.717, 1.165) is 15.2 Å². The van der Waals surface area contributed by atoms with Gasteiger partial charge in [-0.15, -0.1) is 0 Å². The van der Waals surface area contributed by atoms with Gasteiger partial charge in [-0.3, -0.25) is 0 Å². The average Bonchev–Trinajstić information content (AvgIpc) is 2.02. The van der Waals surface area contributed by atoms with Crippen molar-refractivity contribution in [3.8, 4) is 0 Å². The van der Waals surface area contributed by atoms with Crippen molar-refractivity contribution in [1.29, 1.82) is 0 Å². The second-order valence-corrected chi connectivity index (χ2v) is 3.86. The van der Waals surface area contributed by atoms with Crippen molar-refractivity contribution >= 4 is 34.6 Å². The predicted octanol–water partition coefficient (Wildman–Crippen LogP) is 2.70. The third kappa shape index (κ3) is 3.18. The van der Waals surface area contributed by atoms with Crippen molar-refractivity contribution in [2.75, 3.05) is 0 Å². The van der Waals surface area contributed by atoms with Crippen LogP contribution < -0.4 is 0 Å². The molecule has 1 N–H and O–H groups in total. The highest BCUT2D eigenvalue weighted by molar-refractivity contribution is 14.1. The lowest BCUT2D eigenvalue weighted by molar-refractivity contribution is -0.131. The maximum Gasteiger partial charge on any atom is 0.328 e. The fourth-order valence-corrected chi connectivity index (χ4v) is 1.78. The highest BCUT2D eigenvalue weighted by Crippen LogP contribution is 2.15. The van der Waals surface area contributed by atoms with Gasteiger partial charge in [-0.1, -0.05) is 17.7 Å². The monoisotopic (exact) mass is 288 g/mol. The zero-order chi connectivity index (χ0) is 9.84. The summed E-state index contributed by atoms with van der Waals surface area (Å²) in [6.45, 7) is 2.01. The van der Waals surface area contributed by atoms with E-state index in [2.05, 4.69) is 22.6 Å². The molecule has 1 aromatic carbocycles. The molecule has 0 radical (unpaired) electrons. The van der Waals surface area contributed by atoms with Crippen LogP contribution in [-0.2, 0) is 4.79 Å². The molecule has 0 aliphatic carbocycles. The normalized spacial score (nSPS) is 10.6. The first kappa shape index (κ1) is 10.2. The lowest BCUT2D eigenvalue weighted by Crippen LogP contribution is -1.87. The van der Waals surface area contributed by atoms with Gasteiger partial charge in [0.25, 0.3) is 0 Å². The molecule has 0 atom stereocenters. The number of aryl methyl sites for hydroxylation is 1. The fourth-order valence-electron chi connectivity index (χ4n) is 0.928. The van der Waals surface area contributed by atoms with E-state index in [9.17, 15) is 4.79 Å². The Morgan fingerprint density at radius 3 is 2.77 bits per heavy atom. The maximum atomic E-state index is 10.3. The molecule has 0 spiro atoms. The summed E-state index contributed by atoms with van der Waals surface area (Å²) in [4.78, 5) is 10.3. The predicted molar refractivity (Wildman–Crippen MR) is 60.6 cm³/mol. The van der Waals surface area contributed by atoms with E-state index in [1.165, 1.54) is 5.56 Å². The zero-order valence-electron chi connectivity index (χ0n) is 7.12. The minimum atomic E-state index is -0.920. The van der Waals surface area contributed by atoms with Crippen LogP contribution in [0.4, 0.5) is 0 Å². The average molecular weight is 288 g/mol. The van der Waals surface area contributed by atoms with Crippen molar-refractivity contribution in [2.24, 2.45) is 0 Å². The van der Waals surface area contributed by atoms with Crippen LogP contribution in [0.15, 0.2) is 24.3 Å². The number of hydrogen-bond donors (Lipinski definition) is 1. The molecule has 0 aliphatic heterocycles. The highest BCUT2D eigenvalue weighted by atomic mass is 127. The Morgan fingerprint density at radius 1 is 1.54 bits per heavy atom. The largest absolute Gasteiger partial charge is 0.478 e. The van der Waals surface area contributed by atoms with Gasteiger partial charge >= 0.3 is 5.97 Å². The molecule has 0 unspecified atom stereocenters. The number of aliphatic carboxylic acids is 1. The Hall–Kier alpha value is -0.840. The number of halogens is 1. The minimum Gasteiger partial charge on any atom is -0.478 e. The first-order valence-corrected chi connectivity index (χ1v) is 4.84. The third-order valence-corrected chi connectivity index (χ3v) is 2.50. The van der Waals surface area contributed by atoms with Gasteiger partial charge in [0, 0.05) is 9.65 Å². The minimum absolute atomic E-state index is 0.920. The van der Waals surface area contributed by atoms with Crippen molar-refractivity contribution in [1.82, 2.24) is 0 Å². The van der Waals surface area contributed by atoms with E-state index < -0.39 is 5.97 Å². The van der Waals surface area contributed by atoms with E-state index >= 15 is 0 Å². The van der Waals surface area contributed by atoms with Gasteiger partial charge in [0.15, 0.2) is 0 Å². The molecule has 0 bridgehead atoms. The Kier molecular flexibility index (Phi) is 3.48. The molecule has 1 rings (SSSR count). The molecular formula is C10H9IO2. The molecule has 0 saturated carbocycles. The molecule has 0 heterocycles. The van der Waals surface area contributed by atoms with Crippen LogP contribution in [0.2, 0.25) is 0 Å². The molecule has 68 valence electrons. The van der Waals surface area contributed by atoms with E-state index in [4.69, 9.17) is 5.11 Å². The molecule has 3 heteroatoms. The summed E-state index contributed by atoms with van der Waals surface area (Å²) in [5.74, 6) is -0.920. The van der Waals surface area contributed by atoms with Gasteiger partial charge in [-0.25, -0.2) is 4.79 Å². The first-order valence-electron chi connectivity index (χ1n) is 3.77. The second kappa shape index (κ2) is 4.41. The highest BCUT2D eigenvalue weighted by Gasteiger charge is 1.96. The van der Waals surface area contributed by atoms with Crippen LogP contribution >= 0.6 is 22.6 Å². The van der Waals surface area contributed by atoms with Crippen LogP contribution in [0.5, 0.6) is 0 Å². The number of carboxylic acids is 1. The smallest absolute Gasteiger partial charge is 0.328 e. The standard InChI is InChI=1S/C10H9IO2/c1-7-2-3-8(9(11)6-7)4-5-10(12)13/h2-6H,1H3,(H,12,13)/b5-4+. The molecule has 0 aromatic heterocycles. The summed E-state index contributed by atoms with van der Waals surface area (Å²) < 4.78 is 1.06. The number of rotatable bonds is 2. The molecule has 0 amide bonds. The van der Waals surface area contributed by atoms with Crippen LogP contribution in [0.1, 0.15) is 11.1 Å². The van der Waals surface area contributed by atoms with Crippen molar-refractivity contribution in [3.05, 3.63) is 39.0 Å². The number of carbonyl (C=O) groups is 1. The fraction of sp³-hybridized carbons (Fsp3) is 0.100. The lowest BCUT2D eigenvalue weighted by Gasteiger charge is -1.98. The topological polar surface area (TPSA) is 37.3 Å². The Balaban J connectivity index is 2.96. The van der Waals surface area contributed by atoms with Crippen LogP contribution in [-0.4, -0.2) is 11.1 Å². The molecule has 2 nitrogen and oxygen atoms in total. The van der Waals surface area contributed by atoms with Crippen molar-refractivity contribution in [3.63, 3.8) is 0 Å². The molecule has 0 fully saturated rings. The molecule has 1 aromatic rings. The SMILES string of the molecule is Cc1ccc(/C=C/C(=O)O)c(I)c1. The first-order chi connectivity index (χ1) is 6.09. The maximum absolute atomic E-state index is 10.3. The van der Waals surface area contributed by atoms with E-state index in [1.54, 1.807) is 6.08 Å². The second-order valence-electron chi connectivity index (χ2n) is 2.70. The summed E-state index contributed by atoms with van der Waals surface area (Å²) in [6.07, 6.45) is 2.75. The lowest BCUT2D eigenvalue weighted by atomic mass is 10.1. The Bertz CT molecular complexity index is 356. The van der Waals surface area contributed by atoms with Gasteiger partial charge in [-0.05, 0) is 47.2 Å². The van der Waals surface area contributed by atoms with E-state index in [-0.39, 0.29) is 0 Å². The number of hydrogen-bond acceptors (Lipinski definition) is 1. The van der Waals surface area contributed by atoms with Gasteiger partial charge in [-0.2, -0.15) is 0 Å². The van der Waals surface area contributed by atoms with Gasteiger partial charge in [0.1, 0.15) is 0 Å². The van der Waals surface area contributed by atoms with E-state index in [1.807, 2.05) is 25.1 Å². The Morgan fingerprint density at radius 2 is 2.23 bits per heavy atom. The van der Waals surface area contributed by atoms with E-state index in [0.29, 0.717) is 0 Å².